The summed E-state index contributed by atoms with van der Waals surface area (Å²) in [4.78, 5) is 0. The Bertz CT molecular complexity index is 588. The zero-order valence-electron chi connectivity index (χ0n) is 9.87. The fraction of sp³-hybridized carbons (Fsp3) is 0.143. The Labute approximate surface area is 114 Å². The Balaban J connectivity index is 2.14. The highest BCUT2D eigenvalue weighted by Crippen LogP contribution is 2.21. The minimum Gasteiger partial charge on any atom is -0.489 e. The topological polar surface area (TPSA) is 29.5 Å². The van der Waals surface area contributed by atoms with Gasteiger partial charge in [-0.25, -0.2) is 8.78 Å². The third-order valence-corrected chi connectivity index (χ3v) is 2.88. The van der Waals surface area contributed by atoms with Gasteiger partial charge in [0, 0.05) is 16.7 Å². The van der Waals surface area contributed by atoms with Gasteiger partial charge in [0.25, 0.3) is 0 Å². The maximum atomic E-state index is 13.2. The van der Waals surface area contributed by atoms with Crippen molar-refractivity contribution in [2.45, 2.75) is 13.2 Å². The molecule has 0 aliphatic carbocycles. The molecule has 2 aromatic carbocycles. The van der Waals surface area contributed by atoms with Crippen LogP contribution in [0.2, 0.25) is 5.02 Å². The molecule has 1 N–H and O–H groups in total. The van der Waals surface area contributed by atoms with Gasteiger partial charge in [0.05, 0.1) is 6.61 Å². The molecule has 0 aliphatic heterocycles. The van der Waals surface area contributed by atoms with Gasteiger partial charge in [-0.1, -0.05) is 11.6 Å². The number of halogens is 3. The first-order valence-electron chi connectivity index (χ1n) is 5.55. The molecule has 0 bridgehead atoms. The van der Waals surface area contributed by atoms with Gasteiger partial charge in [-0.2, -0.15) is 0 Å². The summed E-state index contributed by atoms with van der Waals surface area (Å²) in [5.74, 6) is -0.672. The van der Waals surface area contributed by atoms with Crippen LogP contribution in [0.4, 0.5) is 8.78 Å². The molecule has 0 aliphatic rings. The lowest BCUT2D eigenvalue weighted by Gasteiger charge is -2.09. The van der Waals surface area contributed by atoms with Gasteiger partial charge in [0.2, 0.25) is 0 Å². The lowest BCUT2D eigenvalue weighted by molar-refractivity contribution is 0.276. The molecular formula is C14H11ClF2O2. The van der Waals surface area contributed by atoms with Crippen LogP contribution < -0.4 is 4.74 Å². The molecule has 0 heterocycles. The highest BCUT2D eigenvalue weighted by atomic mass is 35.5. The Morgan fingerprint density at radius 3 is 2.58 bits per heavy atom. The third-order valence-electron chi connectivity index (χ3n) is 2.52. The van der Waals surface area contributed by atoms with Crippen molar-refractivity contribution in [2.75, 3.05) is 0 Å². The molecule has 0 saturated carbocycles. The van der Waals surface area contributed by atoms with Crippen molar-refractivity contribution in [3.05, 3.63) is 64.2 Å². The van der Waals surface area contributed by atoms with Gasteiger partial charge >= 0.3 is 0 Å². The number of aliphatic hydroxyl groups excluding tert-OH is 1. The second-order valence-corrected chi connectivity index (χ2v) is 4.38. The average Bonchev–Trinajstić information content (AvgIpc) is 2.39. The number of aliphatic hydroxyl groups is 1. The molecule has 19 heavy (non-hydrogen) atoms. The van der Waals surface area contributed by atoms with Crippen LogP contribution in [-0.2, 0) is 13.2 Å². The van der Waals surface area contributed by atoms with Gasteiger partial charge < -0.3 is 9.84 Å². The summed E-state index contributed by atoms with van der Waals surface area (Å²) in [6.07, 6.45) is 0. The zero-order valence-corrected chi connectivity index (χ0v) is 10.6. The molecule has 2 aromatic rings. The Hall–Kier alpha value is -1.65. The molecule has 0 spiro atoms. The largest absolute Gasteiger partial charge is 0.489 e. The molecule has 0 saturated heterocycles. The number of hydrogen-bond acceptors (Lipinski definition) is 2. The maximum absolute atomic E-state index is 13.2. The van der Waals surface area contributed by atoms with Gasteiger partial charge in [0.15, 0.2) is 0 Å². The van der Waals surface area contributed by atoms with E-state index in [1.54, 1.807) is 0 Å². The quantitative estimate of drug-likeness (QED) is 0.928. The summed E-state index contributed by atoms with van der Waals surface area (Å²) < 4.78 is 31.6. The van der Waals surface area contributed by atoms with Crippen LogP contribution in [0.25, 0.3) is 0 Å². The monoisotopic (exact) mass is 284 g/mol. The molecule has 0 amide bonds. The third kappa shape index (κ3) is 3.66. The Morgan fingerprint density at radius 2 is 1.84 bits per heavy atom. The SMILES string of the molecule is OCc1cc(F)cc(OCc2cc(F)ccc2Cl)c1. The molecule has 0 aromatic heterocycles. The predicted molar refractivity (Wildman–Crippen MR) is 68.1 cm³/mol. The van der Waals surface area contributed by atoms with Gasteiger partial charge in [-0.3, -0.25) is 0 Å². The second-order valence-electron chi connectivity index (χ2n) is 3.98. The number of benzene rings is 2. The summed E-state index contributed by atoms with van der Waals surface area (Å²) >= 11 is 5.89. The van der Waals surface area contributed by atoms with Gasteiger partial charge in [-0.15, -0.1) is 0 Å². The molecule has 2 rings (SSSR count). The lowest BCUT2D eigenvalue weighted by Crippen LogP contribution is -1.98. The van der Waals surface area contributed by atoms with E-state index in [4.69, 9.17) is 21.4 Å². The van der Waals surface area contributed by atoms with E-state index >= 15 is 0 Å². The van der Waals surface area contributed by atoms with Crippen molar-refractivity contribution >= 4 is 11.6 Å². The molecular weight excluding hydrogens is 274 g/mol. The van der Waals surface area contributed by atoms with E-state index in [1.807, 2.05) is 0 Å². The fourth-order valence-electron chi connectivity index (χ4n) is 1.61. The van der Waals surface area contributed by atoms with E-state index < -0.39 is 11.6 Å². The molecule has 2 nitrogen and oxygen atoms in total. The van der Waals surface area contributed by atoms with Crippen LogP contribution in [0, 0.1) is 11.6 Å². The van der Waals surface area contributed by atoms with Crippen molar-refractivity contribution in [2.24, 2.45) is 0 Å². The predicted octanol–water partition coefficient (Wildman–Crippen LogP) is 3.69. The molecule has 0 atom stereocenters. The first kappa shape index (κ1) is 13.8. The normalized spacial score (nSPS) is 10.5. The van der Waals surface area contributed by atoms with Crippen LogP contribution in [-0.4, -0.2) is 5.11 Å². The first-order chi connectivity index (χ1) is 9.08. The van der Waals surface area contributed by atoms with Crippen molar-refractivity contribution in [1.82, 2.24) is 0 Å². The summed E-state index contributed by atoms with van der Waals surface area (Å²) in [6, 6.07) is 7.84. The molecule has 0 radical (unpaired) electrons. The Morgan fingerprint density at radius 1 is 1.05 bits per heavy atom. The molecule has 0 fully saturated rings. The maximum Gasteiger partial charge on any atom is 0.127 e. The van der Waals surface area contributed by atoms with E-state index in [9.17, 15) is 8.78 Å². The highest BCUT2D eigenvalue weighted by molar-refractivity contribution is 6.31. The van der Waals surface area contributed by atoms with Crippen LogP contribution in [0.3, 0.4) is 0 Å². The zero-order chi connectivity index (χ0) is 13.8. The number of rotatable bonds is 4. The number of ether oxygens (including phenoxy) is 1. The molecule has 5 heteroatoms. The second kappa shape index (κ2) is 5.99. The standard InChI is InChI=1S/C14H11ClF2O2/c15-14-2-1-11(16)5-10(14)8-19-13-4-9(7-18)3-12(17)6-13/h1-6,18H,7-8H2. The first-order valence-corrected chi connectivity index (χ1v) is 5.93. The van der Waals surface area contributed by atoms with Crippen LogP contribution in [0.15, 0.2) is 36.4 Å². The van der Waals surface area contributed by atoms with Crippen molar-refractivity contribution in [3.8, 4) is 5.75 Å². The fourth-order valence-corrected chi connectivity index (χ4v) is 1.78. The summed E-state index contributed by atoms with van der Waals surface area (Å²) in [7, 11) is 0. The van der Waals surface area contributed by atoms with E-state index in [2.05, 4.69) is 0 Å². The van der Waals surface area contributed by atoms with Crippen molar-refractivity contribution < 1.29 is 18.6 Å². The highest BCUT2D eigenvalue weighted by Gasteiger charge is 2.05. The van der Waals surface area contributed by atoms with Crippen LogP contribution in [0.5, 0.6) is 5.75 Å². The smallest absolute Gasteiger partial charge is 0.127 e. The molecule has 0 unspecified atom stereocenters. The van der Waals surface area contributed by atoms with Crippen LogP contribution >= 0.6 is 11.6 Å². The Kier molecular flexibility index (Phi) is 4.35. The summed E-state index contributed by atoms with van der Waals surface area (Å²) in [6.45, 7) is -0.264. The molecule has 100 valence electrons. The van der Waals surface area contributed by atoms with Crippen LogP contribution in [0.1, 0.15) is 11.1 Å². The summed E-state index contributed by atoms with van der Waals surface area (Å²) in [5, 5.41) is 9.33. The van der Waals surface area contributed by atoms with E-state index in [-0.39, 0.29) is 19.0 Å². The lowest BCUT2D eigenvalue weighted by atomic mass is 10.2. The van der Waals surface area contributed by atoms with Crippen molar-refractivity contribution in [1.29, 1.82) is 0 Å². The van der Waals surface area contributed by atoms with E-state index in [1.165, 1.54) is 36.4 Å². The minimum atomic E-state index is -0.508. The van der Waals surface area contributed by atoms with Gasteiger partial charge in [-0.05, 0) is 35.9 Å². The summed E-state index contributed by atoms with van der Waals surface area (Å²) in [5.41, 5.74) is 0.872. The van der Waals surface area contributed by atoms with E-state index in [0.29, 0.717) is 16.1 Å². The minimum absolute atomic E-state index is 0.0188. The number of hydrogen-bond donors (Lipinski definition) is 1. The van der Waals surface area contributed by atoms with E-state index in [0.717, 1.165) is 0 Å². The van der Waals surface area contributed by atoms with Crippen molar-refractivity contribution in [3.63, 3.8) is 0 Å². The average molecular weight is 285 g/mol. The van der Waals surface area contributed by atoms with Gasteiger partial charge in [0.1, 0.15) is 24.0 Å².